The number of aromatic nitrogens is 3. The monoisotopic (exact) mass is 294 g/mol. The Kier molecular flexibility index (Phi) is 4.23. The van der Waals surface area contributed by atoms with Gasteiger partial charge in [0.15, 0.2) is 5.13 Å². The molecule has 0 fully saturated rings. The molecule has 2 aromatic heterocycles. The number of rotatable bonds is 5. The van der Waals surface area contributed by atoms with Crippen LogP contribution < -0.4 is 16.4 Å². The highest BCUT2D eigenvalue weighted by atomic mass is 32.1. The van der Waals surface area contributed by atoms with Crippen LogP contribution in [0.25, 0.3) is 0 Å². The lowest BCUT2D eigenvalue weighted by molar-refractivity contribution is 0.103. The fraction of sp³-hybridized carbons (Fsp3) is 0.417. The van der Waals surface area contributed by atoms with Crippen LogP contribution in [0.3, 0.4) is 0 Å². The number of nitrogens with one attached hydrogen (secondary N) is 2. The first kappa shape index (κ1) is 14.3. The molecule has 2 aromatic rings. The molecule has 20 heavy (non-hydrogen) atoms. The van der Waals surface area contributed by atoms with Crippen molar-refractivity contribution in [2.45, 2.75) is 20.3 Å². The Morgan fingerprint density at radius 3 is 2.90 bits per heavy atom. The van der Waals surface area contributed by atoms with Gasteiger partial charge in [0.25, 0.3) is 5.91 Å². The number of amides is 1. The molecule has 8 heteroatoms. The summed E-state index contributed by atoms with van der Waals surface area (Å²) >= 11 is 1.25. The normalized spacial score (nSPS) is 10.6. The van der Waals surface area contributed by atoms with E-state index in [1.807, 2.05) is 20.9 Å². The number of anilines is 3. The van der Waals surface area contributed by atoms with Crippen molar-refractivity contribution >= 4 is 33.9 Å². The minimum Gasteiger partial charge on any atom is -0.382 e. The molecule has 2 rings (SSSR count). The Morgan fingerprint density at radius 2 is 2.25 bits per heavy atom. The number of nitrogens with zero attached hydrogens (tertiary/aromatic N) is 3. The van der Waals surface area contributed by atoms with Crippen molar-refractivity contribution in [1.29, 1.82) is 0 Å². The molecule has 0 saturated carbocycles. The molecule has 2 heterocycles. The molecule has 108 valence electrons. The smallest absolute Gasteiger partial charge is 0.269 e. The van der Waals surface area contributed by atoms with Crippen LogP contribution in [0.5, 0.6) is 0 Å². The minimum absolute atomic E-state index is 0.241. The Morgan fingerprint density at radius 1 is 1.50 bits per heavy atom. The van der Waals surface area contributed by atoms with Crippen molar-refractivity contribution < 1.29 is 4.79 Å². The topological polar surface area (TPSA) is 97.9 Å². The molecule has 0 aliphatic rings. The van der Waals surface area contributed by atoms with Crippen LogP contribution in [0.4, 0.5) is 16.6 Å². The summed E-state index contributed by atoms with van der Waals surface area (Å²) < 4.78 is 1.68. The van der Waals surface area contributed by atoms with E-state index in [1.54, 1.807) is 10.9 Å². The van der Waals surface area contributed by atoms with Crippen molar-refractivity contribution in [3.05, 3.63) is 16.8 Å². The van der Waals surface area contributed by atoms with E-state index in [9.17, 15) is 4.79 Å². The zero-order valence-corrected chi connectivity index (χ0v) is 12.5. The largest absolute Gasteiger partial charge is 0.382 e. The third-order valence-corrected chi connectivity index (χ3v) is 3.70. The fourth-order valence-corrected chi connectivity index (χ4v) is 2.65. The standard InChI is InChI=1S/C12H18N6OS/c1-4-7-8(6-18(3)17-7)15-11(19)9-10(13)16-12(20-9)14-5-2/h6H,4-5,13H2,1-3H3,(H,14,16)(H,15,19). The average molecular weight is 294 g/mol. The zero-order chi connectivity index (χ0) is 14.7. The van der Waals surface area contributed by atoms with Crippen molar-refractivity contribution in [1.82, 2.24) is 14.8 Å². The molecule has 0 saturated heterocycles. The highest BCUT2D eigenvalue weighted by molar-refractivity contribution is 7.18. The molecule has 0 aliphatic carbocycles. The van der Waals surface area contributed by atoms with Crippen molar-refractivity contribution in [2.75, 3.05) is 22.9 Å². The molecular weight excluding hydrogens is 276 g/mol. The van der Waals surface area contributed by atoms with E-state index < -0.39 is 0 Å². The van der Waals surface area contributed by atoms with E-state index >= 15 is 0 Å². The predicted molar refractivity (Wildman–Crippen MR) is 81.2 cm³/mol. The van der Waals surface area contributed by atoms with Gasteiger partial charge < -0.3 is 16.4 Å². The Balaban J connectivity index is 2.19. The number of thiazole rings is 1. The second-order valence-corrected chi connectivity index (χ2v) is 5.23. The van der Waals surface area contributed by atoms with Gasteiger partial charge in [0.2, 0.25) is 0 Å². The van der Waals surface area contributed by atoms with E-state index in [4.69, 9.17) is 5.73 Å². The van der Waals surface area contributed by atoms with Gasteiger partial charge in [-0.15, -0.1) is 0 Å². The molecule has 0 radical (unpaired) electrons. The molecular formula is C12H18N6OS. The van der Waals surface area contributed by atoms with Crippen LogP contribution >= 0.6 is 11.3 Å². The highest BCUT2D eigenvalue weighted by Crippen LogP contribution is 2.26. The fourth-order valence-electron chi connectivity index (χ4n) is 1.80. The molecule has 0 spiro atoms. The van der Waals surface area contributed by atoms with Gasteiger partial charge in [-0.3, -0.25) is 9.48 Å². The molecule has 0 atom stereocenters. The number of carbonyl (C=O) groups is 1. The van der Waals surface area contributed by atoms with Crippen LogP contribution in [0.1, 0.15) is 29.2 Å². The molecule has 0 aromatic carbocycles. The summed E-state index contributed by atoms with van der Waals surface area (Å²) in [7, 11) is 1.82. The minimum atomic E-state index is -0.258. The van der Waals surface area contributed by atoms with E-state index in [1.165, 1.54) is 11.3 Å². The van der Waals surface area contributed by atoms with Gasteiger partial charge >= 0.3 is 0 Å². The summed E-state index contributed by atoms with van der Waals surface area (Å²) in [5.74, 6) is -0.0164. The van der Waals surface area contributed by atoms with Crippen LogP contribution in [0.15, 0.2) is 6.20 Å². The third kappa shape index (κ3) is 2.90. The lowest BCUT2D eigenvalue weighted by Gasteiger charge is -2.02. The van der Waals surface area contributed by atoms with Crippen LogP contribution in [-0.2, 0) is 13.5 Å². The molecule has 0 bridgehead atoms. The number of carbonyl (C=O) groups excluding carboxylic acids is 1. The summed E-state index contributed by atoms with van der Waals surface area (Å²) in [6.45, 7) is 4.68. The van der Waals surface area contributed by atoms with Gasteiger partial charge in [0.1, 0.15) is 10.7 Å². The number of hydrogen-bond donors (Lipinski definition) is 3. The van der Waals surface area contributed by atoms with E-state index in [2.05, 4.69) is 20.7 Å². The molecule has 4 N–H and O–H groups in total. The first-order valence-corrected chi connectivity index (χ1v) is 7.20. The quantitative estimate of drug-likeness (QED) is 0.779. The van der Waals surface area contributed by atoms with Crippen LogP contribution in [-0.4, -0.2) is 27.2 Å². The second-order valence-electron chi connectivity index (χ2n) is 4.23. The van der Waals surface area contributed by atoms with Gasteiger partial charge in [-0.1, -0.05) is 18.3 Å². The van der Waals surface area contributed by atoms with Gasteiger partial charge in [-0.25, -0.2) is 4.98 Å². The lowest BCUT2D eigenvalue weighted by atomic mass is 10.3. The summed E-state index contributed by atoms with van der Waals surface area (Å²) in [4.78, 5) is 16.8. The number of nitrogens with two attached hydrogens (primary N) is 1. The SMILES string of the molecule is CCNc1nc(N)c(C(=O)Nc2cn(C)nc2CC)s1. The zero-order valence-electron chi connectivity index (χ0n) is 11.7. The number of aryl methyl sites for hydroxylation is 2. The van der Waals surface area contributed by atoms with Crippen LogP contribution in [0.2, 0.25) is 0 Å². The number of hydrogen-bond acceptors (Lipinski definition) is 6. The second kappa shape index (κ2) is 5.91. The number of nitrogen functional groups attached to an aromatic ring is 1. The van der Waals surface area contributed by atoms with E-state index in [0.717, 1.165) is 18.7 Å². The summed E-state index contributed by atoms with van der Waals surface area (Å²) in [6, 6.07) is 0. The molecule has 7 nitrogen and oxygen atoms in total. The Labute approximate surface area is 121 Å². The lowest BCUT2D eigenvalue weighted by Crippen LogP contribution is -2.12. The third-order valence-electron chi connectivity index (χ3n) is 2.68. The highest BCUT2D eigenvalue weighted by Gasteiger charge is 2.18. The molecule has 0 aliphatic heterocycles. The maximum absolute atomic E-state index is 12.2. The molecule has 0 unspecified atom stereocenters. The van der Waals surface area contributed by atoms with Gasteiger partial charge in [-0.2, -0.15) is 5.10 Å². The summed E-state index contributed by atoms with van der Waals surface area (Å²) in [6.07, 6.45) is 2.52. The summed E-state index contributed by atoms with van der Waals surface area (Å²) in [5, 5.41) is 10.8. The van der Waals surface area contributed by atoms with Crippen molar-refractivity contribution in [3.63, 3.8) is 0 Å². The average Bonchev–Trinajstić information content (AvgIpc) is 2.93. The van der Waals surface area contributed by atoms with Crippen molar-refractivity contribution in [3.8, 4) is 0 Å². The maximum Gasteiger partial charge on any atom is 0.269 e. The van der Waals surface area contributed by atoms with Gasteiger partial charge in [-0.05, 0) is 13.3 Å². The summed E-state index contributed by atoms with van der Waals surface area (Å²) in [5.41, 5.74) is 7.33. The Bertz CT molecular complexity index is 617. The first-order chi connectivity index (χ1) is 9.55. The predicted octanol–water partition coefficient (Wildman–Crippen LogP) is 1.71. The maximum atomic E-state index is 12.2. The van der Waals surface area contributed by atoms with Crippen molar-refractivity contribution in [2.24, 2.45) is 7.05 Å². The van der Waals surface area contributed by atoms with E-state index in [0.29, 0.717) is 15.7 Å². The van der Waals surface area contributed by atoms with Gasteiger partial charge in [0.05, 0.1) is 11.4 Å². The van der Waals surface area contributed by atoms with E-state index in [-0.39, 0.29) is 11.7 Å². The van der Waals surface area contributed by atoms with Crippen LogP contribution in [0, 0.1) is 0 Å². The first-order valence-electron chi connectivity index (χ1n) is 6.39. The van der Waals surface area contributed by atoms with Gasteiger partial charge in [0, 0.05) is 19.8 Å². The molecule has 1 amide bonds. The Hall–Kier alpha value is -2.09.